The van der Waals surface area contributed by atoms with Gasteiger partial charge in [0.25, 0.3) is 5.91 Å². The molecule has 1 amide bonds. The lowest BCUT2D eigenvalue weighted by Crippen LogP contribution is -2.67. The third-order valence-electron chi connectivity index (χ3n) is 6.03. The first-order chi connectivity index (χ1) is 14.3. The maximum Gasteiger partial charge on any atom is 0.289 e. The molecule has 0 saturated carbocycles. The van der Waals surface area contributed by atoms with Gasteiger partial charge in [-0.3, -0.25) is 4.79 Å². The lowest BCUT2D eigenvalue weighted by atomic mass is 9.83. The van der Waals surface area contributed by atoms with E-state index in [1.807, 2.05) is 0 Å². The van der Waals surface area contributed by atoms with Gasteiger partial charge in [-0.2, -0.15) is 4.98 Å². The first kappa shape index (κ1) is 19.3. The molecule has 0 aliphatic carbocycles. The Labute approximate surface area is 177 Å². The van der Waals surface area contributed by atoms with E-state index in [-0.39, 0.29) is 36.4 Å². The van der Waals surface area contributed by atoms with Crippen molar-refractivity contribution < 1.29 is 22.2 Å². The van der Waals surface area contributed by atoms with E-state index in [9.17, 15) is 13.2 Å². The van der Waals surface area contributed by atoms with Crippen molar-refractivity contribution in [3.63, 3.8) is 0 Å². The number of amides is 1. The Morgan fingerprint density at radius 3 is 2.63 bits per heavy atom. The highest BCUT2D eigenvalue weighted by atomic mass is 35.5. The van der Waals surface area contributed by atoms with E-state index >= 15 is 0 Å². The number of halogens is 1. The normalized spacial score (nSPS) is 21.7. The van der Waals surface area contributed by atoms with E-state index < -0.39 is 20.5 Å². The van der Waals surface area contributed by atoms with Gasteiger partial charge in [-0.1, -0.05) is 16.8 Å². The van der Waals surface area contributed by atoms with Crippen molar-refractivity contribution in [3.8, 4) is 11.4 Å². The maximum absolute atomic E-state index is 12.9. The minimum absolute atomic E-state index is 0.0259. The molecule has 0 N–H and O–H groups in total. The van der Waals surface area contributed by atoms with Crippen molar-refractivity contribution >= 4 is 27.3 Å². The summed E-state index contributed by atoms with van der Waals surface area (Å²) in [4.78, 5) is 18.7. The largest absolute Gasteiger partial charge is 0.459 e. The van der Waals surface area contributed by atoms with Gasteiger partial charge in [0.1, 0.15) is 4.75 Å². The minimum Gasteiger partial charge on any atom is -0.459 e. The summed E-state index contributed by atoms with van der Waals surface area (Å²) in [6, 6.07) is 8.69. The minimum atomic E-state index is -3.42. The quantitative estimate of drug-likeness (QED) is 0.607. The average molecular weight is 448 g/mol. The van der Waals surface area contributed by atoms with Crippen LogP contribution in [-0.2, 0) is 9.84 Å². The van der Waals surface area contributed by atoms with E-state index in [4.69, 9.17) is 20.5 Å². The zero-order chi connectivity index (χ0) is 21.1. The van der Waals surface area contributed by atoms with Crippen LogP contribution in [0.15, 0.2) is 45.5 Å². The van der Waals surface area contributed by atoms with Crippen LogP contribution in [0.2, 0.25) is 5.02 Å². The number of likely N-dealkylation sites (tertiary alicyclic amines) is 1. The molecule has 10 heteroatoms. The molecule has 1 aromatic carbocycles. The monoisotopic (exact) mass is 447 g/mol. The molecule has 0 bridgehead atoms. The Hall–Kier alpha value is -2.65. The molecule has 2 aliphatic heterocycles. The number of hydrogen-bond acceptors (Lipinski definition) is 7. The van der Waals surface area contributed by atoms with Crippen molar-refractivity contribution in [1.29, 1.82) is 0 Å². The second-order valence-corrected chi connectivity index (χ2v) is 10.7. The lowest BCUT2D eigenvalue weighted by Gasteiger charge is -2.48. The van der Waals surface area contributed by atoms with E-state index in [1.54, 1.807) is 37.3 Å². The molecule has 4 heterocycles. The number of nitrogens with zero attached hydrogens (tertiary/aromatic N) is 3. The molecule has 0 radical (unpaired) electrons. The fourth-order valence-corrected chi connectivity index (χ4v) is 6.73. The summed E-state index contributed by atoms with van der Waals surface area (Å²) in [6.45, 7) is 1.94. The molecule has 2 saturated heterocycles. The van der Waals surface area contributed by atoms with Gasteiger partial charge in [0.2, 0.25) is 11.7 Å². The number of aromatic nitrogens is 2. The molecule has 156 valence electrons. The van der Waals surface area contributed by atoms with Crippen LogP contribution in [-0.4, -0.2) is 53.0 Å². The van der Waals surface area contributed by atoms with E-state index in [0.717, 1.165) is 11.1 Å². The van der Waals surface area contributed by atoms with Crippen LogP contribution in [0, 0.1) is 6.92 Å². The van der Waals surface area contributed by atoms with Crippen LogP contribution in [0.5, 0.6) is 0 Å². The first-order valence-corrected chi connectivity index (χ1v) is 11.5. The standard InChI is InChI=1S/C20H18ClN3O5S/c1-12-6-8-28-16(12)19(25)24-10-20(11-24)15(7-9-30(20,26)27)18-22-17(23-29-18)13-2-4-14(21)5-3-13/h2-6,8,15H,7,9-11H2,1H3. The van der Waals surface area contributed by atoms with Crippen LogP contribution >= 0.6 is 11.6 Å². The summed E-state index contributed by atoms with van der Waals surface area (Å²) < 4.78 is 35.5. The topological polar surface area (TPSA) is 107 Å². The molecule has 30 heavy (non-hydrogen) atoms. The highest BCUT2D eigenvalue weighted by molar-refractivity contribution is 7.93. The fourth-order valence-electron chi connectivity index (χ4n) is 4.29. The molecule has 2 aromatic heterocycles. The van der Waals surface area contributed by atoms with Crippen LogP contribution < -0.4 is 0 Å². The molecule has 8 nitrogen and oxygen atoms in total. The smallest absolute Gasteiger partial charge is 0.289 e. The van der Waals surface area contributed by atoms with Gasteiger partial charge >= 0.3 is 0 Å². The zero-order valence-electron chi connectivity index (χ0n) is 16.0. The van der Waals surface area contributed by atoms with Crippen molar-refractivity contribution in [3.05, 3.63) is 58.8 Å². The lowest BCUT2D eigenvalue weighted by molar-refractivity contribution is 0.0471. The Kier molecular flexibility index (Phi) is 4.30. The number of furan rings is 1. The average Bonchev–Trinajstić information content (AvgIpc) is 3.37. The molecule has 1 atom stereocenters. The molecule has 5 rings (SSSR count). The summed E-state index contributed by atoms with van der Waals surface area (Å²) >= 11 is 5.92. The summed E-state index contributed by atoms with van der Waals surface area (Å²) in [5.41, 5.74) is 1.44. The Balaban J connectivity index is 1.42. The molecule has 2 fully saturated rings. The second-order valence-electron chi connectivity index (χ2n) is 7.78. The van der Waals surface area contributed by atoms with Crippen LogP contribution in [0.3, 0.4) is 0 Å². The molecule has 1 unspecified atom stereocenters. The van der Waals surface area contributed by atoms with Crippen molar-refractivity contribution in [1.82, 2.24) is 15.0 Å². The van der Waals surface area contributed by atoms with Gasteiger partial charge in [-0.25, -0.2) is 8.42 Å². The number of rotatable bonds is 3. The maximum atomic E-state index is 12.9. The van der Waals surface area contributed by atoms with Gasteiger partial charge in [0, 0.05) is 29.2 Å². The van der Waals surface area contributed by atoms with Gasteiger partial charge < -0.3 is 13.8 Å². The zero-order valence-corrected chi connectivity index (χ0v) is 17.6. The summed E-state index contributed by atoms with van der Waals surface area (Å²) in [7, 11) is -3.42. The number of carbonyl (C=O) groups excluding carboxylic acids is 1. The van der Waals surface area contributed by atoms with Crippen LogP contribution in [0.25, 0.3) is 11.4 Å². The predicted octanol–water partition coefficient (Wildman–Crippen LogP) is 3.09. The van der Waals surface area contributed by atoms with Crippen molar-refractivity contribution in [2.45, 2.75) is 24.0 Å². The molecule has 1 spiro atoms. The van der Waals surface area contributed by atoms with Crippen LogP contribution in [0.4, 0.5) is 0 Å². The third kappa shape index (κ3) is 2.79. The molecular formula is C20H18ClN3O5S. The first-order valence-electron chi connectivity index (χ1n) is 9.46. The molecule has 2 aliphatic rings. The molecule has 3 aromatic rings. The Morgan fingerprint density at radius 1 is 1.23 bits per heavy atom. The van der Waals surface area contributed by atoms with Crippen molar-refractivity contribution in [2.75, 3.05) is 18.8 Å². The second kappa shape index (κ2) is 6.68. The van der Waals surface area contributed by atoms with E-state index in [0.29, 0.717) is 17.3 Å². The number of sulfone groups is 1. The number of benzene rings is 1. The van der Waals surface area contributed by atoms with Crippen LogP contribution in [0.1, 0.15) is 34.3 Å². The van der Waals surface area contributed by atoms with Crippen molar-refractivity contribution in [2.24, 2.45) is 0 Å². The van der Waals surface area contributed by atoms with Gasteiger partial charge in [-0.15, -0.1) is 0 Å². The number of aryl methyl sites for hydroxylation is 1. The Bertz CT molecular complexity index is 1230. The highest BCUT2D eigenvalue weighted by Gasteiger charge is 2.64. The summed E-state index contributed by atoms with van der Waals surface area (Å²) in [6.07, 6.45) is 1.83. The van der Waals surface area contributed by atoms with Gasteiger partial charge in [0.15, 0.2) is 15.6 Å². The summed E-state index contributed by atoms with van der Waals surface area (Å²) in [5, 5.41) is 4.61. The highest BCUT2D eigenvalue weighted by Crippen LogP contribution is 2.50. The van der Waals surface area contributed by atoms with Gasteiger partial charge in [-0.05, 0) is 43.7 Å². The third-order valence-corrected chi connectivity index (χ3v) is 8.84. The Morgan fingerprint density at radius 2 is 1.97 bits per heavy atom. The fraction of sp³-hybridized carbons (Fsp3) is 0.350. The number of carbonyl (C=O) groups is 1. The summed E-state index contributed by atoms with van der Waals surface area (Å²) in [5.74, 6) is 0.147. The van der Waals surface area contributed by atoms with Gasteiger partial charge in [0.05, 0.1) is 17.9 Å². The number of hydrogen-bond donors (Lipinski definition) is 0. The molecular weight excluding hydrogens is 430 g/mol. The SMILES string of the molecule is Cc1ccoc1C(=O)N1CC2(C1)C(c1nc(-c3ccc(Cl)cc3)no1)CCS2(=O)=O. The van der Waals surface area contributed by atoms with E-state index in [1.165, 1.54) is 11.2 Å². The predicted molar refractivity (Wildman–Crippen MR) is 108 cm³/mol. The van der Waals surface area contributed by atoms with E-state index in [2.05, 4.69) is 10.1 Å².